The molecule has 0 fully saturated rings. The van der Waals surface area contributed by atoms with Crippen LogP contribution in [-0.4, -0.2) is 48.9 Å². The molecule has 0 spiro atoms. The highest BCUT2D eigenvalue weighted by atomic mass is 32.2. The number of nitro groups is 1. The number of hydrogen-bond donors (Lipinski definition) is 1. The molecule has 0 aliphatic heterocycles. The normalized spacial score (nSPS) is 12.1. The Balaban J connectivity index is 3.08. The van der Waals surface area contributed by atoms with E-state index >= 15 is 0 Å². The van der Waals surface area contributed by atoms with Gasteiger partial charge in [0.25, 0.3) is 12.1 Å². The third-order valence-corrected chi connectivity index (χ3v) is 4.26. The Morgan fingerprint density at radius 1 is 1.30 bits per heavy atom. The smallest absolute Gasteiger partial charge is 0.269 e. The van der Waals surface area contributed by atoms with E-state index in [4.69, 9.17) is 5.11 Å². The summed E-state index contributed by atoms with van der Waals surface area (Å²) in [7, 11) is -4.23. The second kappa shape index (κ2) is 6.68. The molecule has 112 valence electrons. The molecule has 0 atom stereocenters. The molecule has 0 saturated carbocycles. The summed E-state index contributed by atoms with van der Waals surface area (Å²) in [6.07, 6.45) is -2.89. The fourth-order valence-corrected chi connectivity index (χ4v) is 2.87. The lowest BCUT2D eigenvalue weighted by molar-refractivity contribution is -0.384. The van der Waals surface area contributed by atoms with E-state index in [0.717, 1.165) is 24.3 Å². The minimum Gasteiger partial charge on any atom is -0.395 e. The zero-order valence-electron chi connectivity index (χ0n) is 10.1. The Morgan fingerprint density at radius 3 is 2.25 bits per heavy atom. The van der Waals surface area contributed by atoms with Gasteiger partial charge in [0.2, 0.25) is 10.0 Å². The lowest BCUT2D eigenvalue weighted by atomic mass is 10.3. The van der Waals surface area contributed by atoms with Gasteiger partial charge < -0.3 is 5.11 Å². The number of aliphatic hydroxyl groups excluding tert-OH is 1. The number of aliphatic hydroxyl groups is 1. The van der Waals surface area contributed by atoms with Crippen LogP contribution in [0.1, 0.15) is 0 Å². The standard InChI is InChI=1S/C10H12F2N2O5S/c11-10(12)7-13(5-6-15)20(18,19)9-3-1-8(2-4-9)14(16)17/h1-4,10,15H,5-7H2. The molecule has 1 aromatic rings. The van der Waals surface area contributed by atoms with Crippen LogP contribution in [0, 0.1) is 10.1 Å². The predicted octanol–water partition coefficient (Wildman–Crippen LogP) is 0.843. The average Bonchev–Trinajstić information content (AvgIpc) is 2.37. The third kappa shape index (κ3) is 3.92. The Kier molecular flexibility index (Phi) is 5.48. The van der Waals surface area contributed by atoms with Crippen LogP contribution in [0.3, 0.4) is 0 Å². The van der Waals surface area contributed by atoms with Crippen molar-refractivity contribution in [2.24, 2.45) is 0 Å². The molecule has 10 heteroatoms. The first-order chi connectivity index (χ1) is 9.28. The fourth-order valence-electron chi connectivity index (χ4n) is 1.46. The number of non-ortho nitro benzene ring substituents is 1. The van der Waals surface area contributed by atoms with Gasteiger partial charge in [-0.25, -0.2) is 17.2 Å². The predicted molar refractivity (Wildman–Crippen MR) is 64.9 cm³/mol. The molecule has 0 amide bonds. The van der Waals surface area contributed by atoms with E-state index in [0.29, 0.717) is 4.31 Å². The van der Waals surface area contributed by atoms with Crippen molar-refractivity contribution in [2.75, 3.05) is 19.7 Å². The highest BCUT2D eigenvalue weighted by molar-refractivity contribution is 7.89. The number of nitrogens with zero attached hydrogens (tertiary/aromatic N) is 2. The summed E-state index contributed by atoms with van der Waals surface area (Å²) in [4.78, 5) is 9.40. The van der Waals surface area contributed by atoms with E-state index in [1.54, 1.807) is 0 Å². The summed E-state index contributed by atoms with van der Waals surface area (Å²) >= 11 is 0. The van der Waals surface area contributed by atoms with E-state index in [2.05, 4.69) is 0 Å². The van der Waals surface area contributed by atoms with Gasteiger partial charge in [-0.05, 0) is 12.1 Å². The first-order valence-corrected chi connectivity index (χ1v) is 6.86. The maximum Gasteiger partial charge on any atom is 0.269 e. The second-order valence-electron chi connectivity index (χ2n) is 3.73. The minimum absolute atomic E-state index is 0.313. The number of sulfonamides is 1. The van der Waals surface area contributed by atoms with Gasteiger partial charge in [0.05, 0.1) is 23.0 Å². The Bertz CT molecular complexity index is 562. The minimum atomic E-state index is -4.23. The maximum atomic E-state index is 12.3. The van der Waals surface area contributed by atoms with Crippen LogP contribution < -0.4 is 0 Å². The van der Waals surface area contributed by atoms with Crippen LogP contribution in [0.15, 0.2) is 29.2 Å². The Hall–Kier alpha value is -1.65. The van der Waals surface area contributed by atoms with E-state index in [1.165, 1.54) is 0 Å². The van der Waals surface area contributed by atoms with E-state index in [9.17, 15) is 27.3 Å². The van der Waals surface area contributed by atoms with E-state index in [-0.39, 0.29) is 10.6 Å². The Labute approximate surface area is 113 Å². The molecule has 0 aliphatic rings. The highest BCUT2D eigenvalue weighted by Crippen LogP contribution is 2.20. The van der Waals surface area contributed by atoms with Crippen LogP contribution in [0.2, 0.25) is 0 Å². The van der Waals surface area contributed by atoms with Crippen LogP contribution in [0.5, 0.6) is 0 Å². The van der Waals surface area contributed by atoms with Crippen LogP contribution in [-0.2, 0) is 10.0 Å². The second-order valence-corrected chi connectivity index (χ2v) is 5.67. The van der Waals surface area contributed by atoms with Crippen molar-refractivity contribution in [2.45, 2.75) is 11.3 Å². The molecule has 1 N–H and O–H groups in total. The quantitative estimate of drug-likeness (QED) is 0.594. The van der Waals surface area contributed by atoms with E-state index < -0.39 is 41.1 Å². The Morgan fingerprint density at radius 2 is 1.85 bits per heavy atom. The lowest BCUT2D eigenvalue weighted by Gasteiger charge is -2.20. The summed E-state index contributed by atoms with van der Waals surface area (Å²) < 4.78 is 49.2. The molecule has 0 heterocycles. The van der Waals surface area contributed by atoms with Gasteiger partial charge in [0.15, 0.2) is 0 Å². The van der Waals surface area contributed by atoms with Crippen LogP contribution >= 0.6 is 0 Å². The molecule has 1 rings (SSSR count). The third-order valence-electron chi connectivity index (χ3n) is 2.38. The van der Waals surface area contributed by atoms with Crippen LogP contribution in [0.4, 0.5) is 14.5 Å². The first kappa shape index (κ1) is 16.4. The van der Waals surface area contributed by atoms with Crippen molar-refractivity contribution in [1.29, 1.82) is 0 Å². The molecule has 0 bridgehead atoms. The number of rotatable bonds is 7. The van der Waals surface area contributed by atoms with Gasteiger partial charge in [-0.2, -0.15) is 4.31 Å². The maximum absolute atomic E-state index is 12.3. The summed E-state index contributed by atoms with van der Waals surface area (Å²) in [5.74, 6) is 0. The summed E-state index contributed by atoms with van der Waals surface area (Å²) in [5.41, 5.74) is -0.313. The average molecular weight is 310 g/mol. The highest BCUT2D eigenvalue weighted by Gasteiger charge is 2.27. The molecule has 0 aliphatic carbocycles. The zero-order chi connectivity index (χ0) is 15.3. The number of hydrogen-bond acceptors (Lipinski definition) is 5. The number of benzene rings is 1. The molecule has 0 unspecified atom stereocenters. The first-order valence-electron chi connectivity index (χ1n) is 5.42. The SMILES string of the molecule is O=[N+]([O-])c1ccc(S(=O)(=O)N(CCO)CC(F)F)cc1. The largest absolute Gasteiger partial charge is 0.395 e. The van der Waals surface area contributed by atoms with Crippen molar-refractivity contribution in [3.05, 3.63) is 34.4 Å². The monoisotopic (exact) mass is 310 g/mol. The van der Waals surface area contributed by atoms with Crippen molar-refractivity contribution >= 4 is 15.7 Å². The van der Waals surface area contributed by atoms with Crippen molar-refractivity contribution < 1.29 is 27.2 Å². The van der Waals surface area contributed by atoms with E-state index in [1.807, 2.05) is 0 Å². The molecule has 7 nitrogen and oxygen atoms in total. The number of nitro benzene ring substituents is 1. The molecular formula is C10H12F2N2O5S. The number of halogens is 2. The van der Waals surface area contributed by atoms with Gasteiger partial charge >= 0.3 is 0 Å². The van der Waals surface area contributed by atoms with Gasteiger partial charge in [0.1, 0.15) is 0 Å². The topological polar surface area (TPSA) is 101 Å². The molecule has 0 aromatic heterocycles. The van der Waals surface area contributed by atoms with Gasteiger partial charge in [-0.15, -0.1) is 0 Å². The summed E-state index contributed by atoms with van der Waals surface area (Å²) in [6, 6.07) is 3.85. The fraction of sp³-hybridized carbons (Fsp3) is 0.400. The molecule has 0 radical (unpaired) electrons. The van der Waals surface area contributed by atoms with Crippen molar-refractivity contribution in [1.82, 2.24) is 4.31 Å². The molecule has 0 saturated heterocycles. The van der Waals surface area contributed by atoms with Crippen molar-refractivity contribution in [3.8, 4) is 0 Å². The van der Waals surface area contributed by atoms with Gasteiger partial charge in [-0.3, -0.25) is 10.1 Å². The van der Waals surface area contributed by atoms with Crippen molar-refractivity contribution in [3.63, 3.8) is 0 Å². The summed E-state index contributed by atoms with van der Waals surface area (Å²) in [5, 5.41) is 19.2. The molecular weight excluding hydrogens is 298 g/mol. The molecule has 20 heavy (non-hydrogen) atoms. The van der Waals surface area contributed by atoms with Crippen LogP contribution in [0.25, 0.3) is 0 Å². The zero-order valence-corrected chi connectivity index (χ0v) is 11.0. The number of alkyl halides is 2. The molecule has 1 aromatic carbocycles. The van der Waals surface area contributed by atoms with Gasteiger partial charge in [-0.1, -0.05) is 0 Å². The summed E-state index contributed by atoms with van der Waals surface area (Å²) in [6.45, 7) is -2.15. The van der Waals surface area contributed by atoms with Gasteiger partial charge in [0, 0.05) is 18.7 Å². The lowest BCUT2D eigenvalue weighted by Crippen LogP contribution is -2.37.